The van der Waals surface area contributed by atoms with Crippen molar-refractivity contribution < 1.29 is 9.53 Å². The summed E-state index contributed by atoms with van der Waals surface area (Å²) in [6.45, 7) is 7.61. The Morgan fingerprint density at radius 1 is 1.42 bits per heavy atom. The monoisotopic (exact) mass is 264 g/mol. The average Bonchev–Trinajstić information content (AvgIpc) is 2.36. The Labute approximate surface area is 115 Å². The number of carbonyl (C=O) groups is 1. The second-order valence-corrected chi connectivity index (χ2v) is 5.04. The van der Waals surface area contributed by atoms with Crippen molar-refractivity contribution in [2.75, 3.05) is 18.9 Å². The van der Waals surface area contributed by atoms with Gasteiger partial charge >= 0.3 is 0 Å². The summed E-state index contributed by atoms with van der Waals surface area (Å²) < 4.78 is 5.48. The fourth-order valence-corrected chi connectivity index (χ4v) is 1.61. The highest BCUT2D eigenvalue weighted by atomic mass is 16.5. The van der Waals surface area contributed by atoms with Crippen molar-refractivity contribution in [2.24, 2.45) is 5.92 Å². The van der Waals surface area contributed by atoms with Gasteiger partial charge in [0, 0.05) is 12.1 Å². The van der Waals surface area contributed by atoms with Crippen molar-refractivity contribution in [3.8, 4) is 5.75 Å². The first kappa shape index (κ1) is 15.3. The van der Waals surface area contributed by atoms with E-state index in [-0.39, 0.29) is 5.91 Å². The number of nitrogens with one attached hydrogen (secondary N) is 1. The van der Waals surface area contributed by atoms with E-state index in [1.807, 2.05) is 6.92 Å². The smallest absolute Gasteiger partial charge is 0.251 e. The van der Waals surface area contributed by atoms with E-state index in [2.05, 4.69) is 19.2 Å². The molecule has 0 fully saturated rings. The first-order valence-corrected chi connectivity index (χ1v) is 6.85. The van der Waals surface area contributed by atoms with Crippen LogP contribution in [-0.4, -0.2) is 19.1 Å². The van der Waals surface area contributed by atoms with Crippen molar-refractivity contribution in [2.45, 2.75) is 33.6 Å². The zero-order chi connectivity index (χ0) is 14.3. The number of nitrogens with two attached hydrogens (primary N) is 1. The number of rotatable bonds is 7. The van der Waals surface area contributed by atoms with Crippen LogP contribution in [0, 0.1) is 5.92 Å². The summed E-state index contributed by atoms with van der Waals surface area (Å²) in [4.78, 5) is 11.9. The van der Waals surface area contributed by atoms with E-state index < -0.39 is 0 Å². The Morgan fingerprint density at radius 3 is 2.74 bits per heavy atom. The maximum absolute atomic E-state index is 11.9. The van der Waals surface area contributed by atoms with Gasteiger partial charge in [0.05, 0.1) is 12.3 Å². The highest BCUT2D eigenvalue weighted by molar-refractivity contribution is 5.95. The van der Waals surface area contributed by atoms with Gasteiger partial charge in [0.2, 0.25) is 0 Å². The van der Waals surface area contributed by atoms with E-state index in [4.69, 9.17) is 10.5 Å². The molecule has 0 aromatic heterocycles. The lowest BCUT2D eigenvalue weighted by Crippen LogP contribution is -2.25. The number of nitrogen functional groups attached to an aromatic ring is 1. The minimum absolute atomic E-state index is 0.0885. The molecule has 0 heterocycles. The van der Waals surface area contributed by atoms with Gasteiger partial charge in [0.1, 0.15) is 5.75 Å². The number of hydrogen-bond acceptors (Lipinski definition) is 3. The van der Waals surface area contributed by atoms with E-state index in [9.17, 15) is 4.79 Å². The minimum atomic E-state index is -0.0885. The van der Waals surface area contributed by atoms with E-state index in [1.165, 1.54) is 0 Å². The summed E-state index contributed by atoms with van der Waals surface area (Å²) in [5.74, 6) is 1.13. The molecular weight excluding hydrogens is 240 g/mol. The van der Waals surface area contributed by atoms with E-state index >= 15 is 0 Å². The lowest BCUT2D eigenvalue weighted by molar-refractivity contribution is 0.0952. The molecule has 0 saturated heterocycles. The average molecular weight is 264 g/mol. The molecule has 1 aromatic carbocycles. The van der Waals surface area contributed by atoms with Crippen LogP contribution < -0.4 is 15.8 Å². The summed E-state index contributed by atoms with van der Waals surface area (Å²) >= 11 is 0. The van der Waals surface area contributed by atoms with Crippen molar-refractivity contribution in [3.05, 3.63) is 23.8 Å². The maximum atomic E-state index is 11.9. The topological polar surface area (TPSA) is 64.3 Å². The van der Waals surface area contributed by atoms with Gasteiger partial charge in [-0.2, -0.15) is 0 Å². The van der Waals surface area contributed by atoms with E-state index in [0.29, 0.717) is 36.1 Å². The summed E-state index contributed by atoms with van der Waals surface area (Å²) in [5, 5.41) is 2.88. The standard InChI is InChI=1S/C15H24N2O2/c1-4-9-19-14-6-5-12(10-13(14)16)15(18)17-8-7-11(2)3/h5-6,10-11H,4,7-9,16H2,1-3H3,(H,17,18). The third kappa shape index (κ3) is 5.20. The molecule has 4 heteroatoms. The van der Waals surface area contributed by atoms with Gasteiger partial charge in [0.25, 0.3) is 5.91 Å². The number of amides is 1. The van der Waals surface area contributed by atoms with Gasteiger partial charge in [-0.3, -0.25) is 4.79 Å². The Bertz CT molecular complexity index is 417. The van der Waals surface area contributed by atoms with Gasteiger partial charge in [-0.05, 0) is 37.0 Å². The van der Waals surface area contributed by atoms with Crippen molar-refractivity contribution in [1.82, 2.24) is 5.32 Å². The summed E-state index contributed by atoms with van der Waals surface area (Å²) in [6.07, 6.45) is 1.90. The SMILES string of the molecule is CCCOc1ccc(C(=O)NCCC(C)C)cc1N. The zero-order valence-electron chi connectivity index (χ0n) is 12.0. The summed E-state index contributed by atoms with van der Waals surface area (Å²) in [6, 6.07) is 5.16. The highest BCUT2D eigenvalue weighted by Gasteiger charge is 2.08. The minimum Gasteiger partial charge on any atom is -0.491 e. The van der Waals surface area contributed by atoms with Gasteiger partial charge in [-0.15, -0.1) is 0 Å². The van der Waals surface area contributed by atoms with Crippen molar-refractivity contribution in [3.63, 3.8) is 0 Å². The molecule has 1 amide bonds. The summed E-state index contributed by atoms with van der Waals surface area (Å²) in [7, 11) is 0. The molecule has 0 spiro atoms. The second kappa shape index (κ2) is 7.67. The normalized spacial score (nSPS) is 10.5. The molecule has 19 heavy (non-hydrogen) atoms. The molecule has 0 saturated carbocycles. The van der Waals surface area contributed by atoms with Crippen LogP contribution in [0.2, 0.25) is 0 Å². The van der Waals surface area contributed by atoms with Crippen LogP contribution in [0.15, 0.2) is 18.2 Å². The lowest BCUT2D eigenvalue weighted by atomic mass is 10.1. The van der Waals surface area contributed by atoms with Crippen LogP contribution in [0.3, 0.4) is 0 Å². The second-order valence-electron chi connectivity index (χ2n) is 5.04. The van der Waals surface area contributed by atoms with Crippen LogP contribution in [0.25, 0.3) is 0 Å². The molecule has 0 unspecified atom stereocenters. The van der Waals surface area contributed by atoms with Gasteiger partial charge in [0.15, 0.2) is 0 Å². The van der Waals surface area contributed by atoms with Gasteiger partial charge in [-0.1, -0.05) is 20.8 Å². The summed E-state index contributed by atoms with van der Waals surface area (Å²) in [5.41, 5.74) is 6.95. The predicted molar refractivity (Wildman–Crippen MR) is 78.4 cm³/mol. The number of ether oxygens (including phenoxy) is 1. The van der Waals surface area contributed by atoms with Crippen LogP contribution in [0.4, 0.5) is 5.69 Å². The Kier molecular flexibility index (Phi) is 6.19. The van der Waals surface area contributed by atoms with Crippen LogP contribution in [0.1, 0.15) is 44.0 Å². The van der Waals surface area contributed by atoms with Crippen molar-refractivity contribution in [1.29, 1.82) is 0 Å². The molecular formula is C15H24N2O2. The first-order chi connectivity index (χ1) is 9.04. The predicted octanol–water partition coefficient (Wildman–Crippen LogP) is 2.83. The lowest BCUT2D eigenvalue weighted by Gasteiger charge is -2.10. The quantitative estimate of drug-likeness (QED) is 0.744. The molecule has 1 aromatic rings. The number of anilines is 1. The molecule has 0 aliphatic carbocycles. The van der Waals surface area contributed by atoms with E-state index in [0.717, 1.165) is 12.8 Å². The fourth-order valence-electron chi connectivity index (χ4n) is 1.61. The third-order valence-electron chi connectivity index (χ3n) is 2.74. The van der Waals surface area contributed by atoms with Crippen LogP contribution in [0.5, 0.6) is 5.75 Å². The fraction of sp³-hybridized carbons (Fsp3) is 0.533. The molecule has 4 nitrogen and oxygen atoms in total. The number of hydrogen-bond donors (Lipinski definition) is 2. The molecule has 0 radical (unpaired) electrons. The molecule has 0 atom stereocenters. The van der Waals surface area contributed by atoms with Gasteiger partial charge < -0.3 is 15.8 Å². The third-order valence-corrected chi connectivity index (χ3v) is 2.74. The maximum Gasteiger partial charge on any atom is 0.251 e. The molecule has 0 aliphatic rings. The van der Waals surface area contributed by atoms with Gasteiger partial charge in [-0.25, -0.2) is 0 Å². The Morgan fingerprint density at radius 2 is 2.16 bits per heavy atom. The molecule has 106 valence electrons. The first-order valence-electron chi connectivity index (χ1n) is 6.85. The molecule has 0 aliphatic heterocycles. The largest absolute Gasteiger partial charge is 0.491 e. The molecule has 3 N–H and O–H groups in total. The highest BCUT2D eigenvalue weighted by Crippen LogP contribution is 2.22. The molecule has 1 rings (SSSR count). The zero-order valence-corrected chi connectivity index (χ0v) is 12.0. The Balaban J connectivity index is 2.59. The van der Waals surface area contributed by atoms with Crippen LogP contribution >= 0.6 is 0 Å². The van der Waals surface area contributed by atoms with E-state index in [1.54, 1.807) is 18.2 Å². The Hall–Kier alpha value is -1.71. The number of carbonyl (C=O) groups excluding carboxylic acids is 1. The number of benzene rings is 1. The van der Waals surface area contributed by atoms with Crippen molar-refractivity contribution >= 4 is 11.6 Å². The van der Waals surface area contributed by atoms with Crippen LogP contribution in [-0.2, 0) is 0 Å². The molecule has 0 bridgehead atoms.